The highest BCUT2D eigenvalue weighted by molar-refractivity contribution is 5.89. The number of hydrogen-bond donors (Lipinski definition) is 3. The Hall–Kier alpha value is -4.37. The van der Waals surface area contributed by atoms with Gasteiger partial charge < -0.3 is 25.2 Å². The standard InChI is InChI=1S/C26H29N3O2.C4H4O4/c1-20-15-22(7-8-24(20)27-18-26-10-13-28(19-26)14-11-26)29-12-9-23(16-25(29)30)31-17-21-5-3-2-4-6-21;5-3(6)1-2-4(7)8/h2-9,12,15-16,27H,10-11,13-14,17-19H2,1H3;1-2H,(H,5,6)(H,7,8)/b;2-1+. The third-order valence-electron chi connectivity index (χ3n) is 7.13. The maximum atomic E-state index is 12.7. The van der Waals surface area contributed by atoms with Gasteiger partial charge in [0.25, 0.3) is 5.56 Å². The van der Waals surface area contributed by atoms with E-state index >= 15 is 0 Å². The van der Waals surface area contributed by atoms with E-state index in [-0.39, 0.29) is 5.56 Å². The quantitative estimate of drug-likeness (QED) is 0.355. The zero-order valence-electron chi connectivity index (χ0n) is 21.9. The number of carboxylic acid groups (broad SMARTS) is 2. The Labute approximate surface area is 227 Å². The third kappa shape index (κ3) is 7.58. The molecule has 5 rings (SSSR count). The SMILES string of the molecule is Cc1cc(-n2ccc(OCc3ccccc3)cc2=O)ccc1NCC12CCN(CC1)C2.O=C(O)/C=C/C(=O)O. The molecule has 3 N–H and O–H groups in total. The summed E-state index contributed by atoms with van der Waals surface area (Å²) in [5.74, 6) is -1.93. The molecular formula is C30H33N3O6. The molecule has 0 unspecified atom stereocenters. The molecule has 2 bridgehead atoms. The van der Waals surface area contributed by atoms with Gasteiger partial charge in [-0.1, -0.05) is 30.3 Å². The summed E-state index contributed by atoms with van der Waals surface area (Å²) in [6.07, 6.45) is 5.50. The van der Waals surface area contributed by atoms with Gasteiger partial charge in [0.05, 0.1) is 0 Å². The first-order valence-electron chi connectivity index (χ1n) is 12.8. The van der Waals surface area contributed by atoms with Crippen molar-refractivity contribution in [2.45, 2.75) is 26.4 Å². The summed E-state index contributed by atoms with van der Waals surface area (Å²) in [4.78, 5) is 34.4. The number of carbonyl (C=O) groups is 2. The van der Waals surface area contributed by atoms with E-state index in [1.54, 1.807) is 16.8 Å². The van der Waals surface area contributed by atoms with E-state index in [4.69, 9.17) is 14.9 Å². The van der Waals surface area contributed by atoms with Crippen LogP contribution in [0.5, 0.6) is 5.75 Å². The molecule has 0 aliphatic carbocycles. The number of aryl methyl sites for hydroxylation is 1. The Morgan fingerprint density at radius 1 is 1.00 bits per heavy atom. The highest BCUT2D eigenvalue weighted by Crippen LogP contribution is 2.40. The summed E-state index contributed by atoms with van der Waals surface area (Å²) in [5, 5.41) is 19.3. The molecule has 2 aliphatic rings. The summed E-state index contributed by atoms with van der Waals surface area (Å²) in [5.41, 5.74) is 4.60. The lowest BCUT2D eigenvalue weighted by atomic mass is 9.84. The minimum atomic E-state index is -1.26. The van der Waals surface area contributed by atoms with Crippen LogP contribution in [0.1, 0.15) is 24.0 Å². The van der Waals surface area contributed by atoms with Gasteiger partial charge in [0.15, 0.2) is 0 Å². The first-order chi connectivity index (χ1) is 18.7. The molecule has 204 valence electrons. The number of hydrogen-bond acceptors (Lipinski definition) is 6. The molecule has 0 radical (unpaired) electrons. The Morgan fingerprint density at radius 3 is 2.26 bits per heavy atom. The van der Waals surface area contributed by atoms with E-state index in [0.29, 0.717) is 29.9 Å². The molecule has 2 aliphatic heterocycles. The minimum Gasteiger partial charge on any atom is -0.489 e. The first-order valence-corrected chi connectivity index (χ1v) is 12.8. The lowest BCUT2D eigenvalue weighted by molar-refractivity contribution is -0.134. The molecule has 3 heterocycles. The van der Waals surface area contributed by atoms with Crippen molar-refractivity contribution in [1.29, 1.82) is 0 Å². The van der Waals surface area contributed by atoms with Gasteiger partial charge in [0, 0.05) is 54.3 Å². The van der Waals surface area contributed by atoms with Crippen molar-refractivity contribution in [2.24, 2.45) is 5.41 Å². The molecule has 9 heteroatoms. The highest BCUT2D eigenvalue weighted by Gasteiger charge is 2.43. The summed E-state index contributed by atoms with van der Waals surface area (Å²) in [6, 6.07) is 19.5. The van der Waals surface area contributed by atoms with Crippen LogP contribution in [-0.4, -0.2) is 57.8 Å². The molecule has 3 aromatic rings. The number of pyridine rings is 1. The summed E-state index contributed by atoms with van der Waals surface area (Å²) >= 11 is 0. The van der Waals surface area contributed by atoms with E-state index in [2.05, 4.69) is 29.3 Å². The van der Waals surface area contributed by atoms with E-state index in [9.17, 15) is 14.4 Å². The zero-order valence-corrected chi connectivity index (χ0v) is 21.9. The normalized spacial score (nSPS) is 19.4. The van der Waals surface area contributed by atoms with Crippen LogP contribution in [0, 0.1) is 12.3 Å². The monoisotopic (exact) mass is 531 g/mol. The lowest BCUT2D eigenvalue weighted by Gasteiger charge is -2.26. The predicted octanol–water partition coefficient (Wildman–Crippen LogP) is 3.94. The maximum absolute atomic E-state index is 12.7. The number of aromatic nitrogens is 1. The molecule has 0 amide bonds. The van der Waals surface area contributed by atoms with Crippen LogP contribution in [0.15, 0.2) is 83.8 Å². The van der Waals surface area contributed by atoms with Crippen LogP contribution >= 0.6 is 0 Å². The van der Waals surface area contributed by atoms with Crippen molar-refractivity contribution in [1.82, 2.24) is 9.47 Å². The van der Waals surface area contributed by atoms with Crippen molar-refractivity contribution < 1.29 is 24.5 Å². The van der Waals surface area contributed by atoms with Gasteiger partial charge in [-0.25, -0.2) is 9.59 Å². The molecule has 0 saturated carbocycles. The van der Waals surface area contributed by atoms with Gasteiger partial charge in [-0.3, -0.25) is 9.36 Å². The summed E-state index contributed by atoms with van der Waals surface area (Å²) < 4.78 is 7.45. The van der Waals surface area contributed by atoms with E-state index in [1.807, 2.05) is 42.5 Å². The zero-order chi connectivity index (χ0) is 27.8. The fourth-order valence-corrected chi connectivity index (χ4v) is 4.98. The van der Waals surface area contributed by atoms with Crippen molar-refractivity contribution in [2.75, 3.05) is 31.5 Å². The van der Waals surface area contributed by atoms with Crippen molar-refractivity contribution >= 4 is 17.6 Å². The number of aliphatic carboxylic acids is 2. The number of nitrogens with one attached hydrogen (secondary N) is 1. The second kappa shape index (κ2) is 12.4. The number of benzene rings is 2. The molecule has 2 saturated heterocycles. The second-order valence-corrected chi connectivity index (χ2v) is 9.98. The van der Waals surface area contributed by atoms with Gasteiger partial charge in [-0.05, 0) is 68.2 Å². The fourth-order valence-electron chi connectivity index (χ4n) is 4.98. The molecule has 0 atom stereocenters. The van der Waals surface area contributed by atoms with E-state index in [1.165, 1.54) is 32.5 Å². The average Bonchev–Trinajstić information content (AvgIpc) is 3.53. The van der Waals surface area contributed by atoms with E-state index < -0.39 is 11.9 Å². The largest absolute Gasteiger partial charge is 0.489 e. The summed E-state index contributed by atoms with van der Waals surface area (Å²) in [6.45, 7) is 7.29. The molecule has 2 fully saturated rings. The molecular weight excluding hydrogens is 498 g/mol. The number of rotatable bonds is 9. The van der Waals surface area contributed by atoms with Gasteiger partial charge >= 0.3 is 11.9 Å². The fraction of sp³-hybridized carbons (Fsp3) is 0.300. The second-order valence-electron chi connectivity index (χ2n) is 9.98. The minimum absolute atomic E-state index is 0.0958. The number of nitrogens with zero attached hydrogens (tertiary/aromatic N) is 2. The number of carboxylic acids is 2. The van der Waals surface area contributed by atoms with Gasteiger partial charge in [-0.15, -0.1) is 0 Å². The van der Waals surface area contributed by atoms with Crippen LogP contribution in [0.4, 0.5) is 5.69 Å². The molecule has 2 aromatic carbocycles. The Kier molecular flexibility index (Phi) is 8.83. The van der Waals surface area contributed by atoms with Gasteiger partial charge in [0.2, 0.25) is 0 Å². The smallest absolute Gasteiger partial charge is 0.328 e. The van der Waals surface area contributed by atoms with Crippen LogP contribution < -0.4 is 15.6 Å². The lowest BCUT2D eigenvalue weighted by Crippen LogP contribution is -2.28. The van der Waals surface area contributed by atoms with Crippen LogP contribution in [0.2, 0.25) is 0 Å². The first kappa shape index (κ1) is 27.7. The van der Waals surface area contributed by atoms with Crippen molar-refractivity contribution in [3.63, 3.8) is 0 Å². The number of piperidine rings is 1. The number of fused-ring (bicyclic) bond motifs is 2. The maximum Gasteiger partial charge on any atom is 0.328 e. The van der Waals surface area contributed by atoms with E-state index in [0.717, 1.165) is 29.0 Å². The van der Waals surface area contributed by atoms with Gasteiger partial charge in [-0.2, -0.15) is 0 Å². The number of ether oxygens (including phenoxy) is 1. The highest BCUT2D eigenvalue weighted by atomic mass is 16.5. The average molecular weight is 532 g/mol. The summed E-state index contributed by atoms with van der Waals surface area (Å²) in [7, 11) is 0. The molecule has 9 nitrogen and oxygen atoms in total. The molecule has 1 aromatic heterocycles. The molecule has 39 heavy (non-hydrogen) atoms. The Balaban J connectivity index is 0.000000386. The number of anilines is 1. The third-order valence-corrected chi connectivity index (χ3v) is 7.13. The topological polar surface area (TPSA) is 121 Å². The van der Waals surface area contributed by atoms with Crippen LogP contribution in [-0.2, 0) is 16.2 Å². The van der Waals surface area contributed by atoms with Gasteiger partial charge in [0.1, 0.15) is 12.4 Å². The Bertz CT molecular complexity index is 1380. The van der Waals surface area contributed by atoms with Crippen LogP contribution in [0.25, 0.3) is 5.69 Å². The Morgan fingerprint density at radius 2 is 1.69 bits per heavy atom. The van der Waals surface area contributed by atoms with Crippen LogP contribution in [0.3, 0.4) is 0 Å². The van der Waals surface area contributed by atoms with Crippen molar-refractivity contribution in [3.8, 4) is 11.4 Å². The predicted molar refractivity (Wildman–Crippen MR) is 149 cm³/mol. The molecule has 0 spiro atoms. The van der Waals surface area contributed by atoms with Crippen molar-refractivity contribution in [3.05, 3.63) is 100 Å².